The average molecular weight is 382 g/mol. The number of halogens is 3. The van der Waals surface area contributed by atoms with Gasteiger partial charge in [-0.1, -0.05) is 53.0 Å². The predicted octanol–water partition coefficient (Wildman–Crippen LogP) is 4.64. The first-order valence-electron chi connectivity index (χ1n) is 6.90. The Morgan fingerprint density at radius 3 is 2.29 bits per heavy atom. The van der Waals surface area contributed by atoms with Crippen molar-refractivity contribution in [2.75, 3.05) is 5.32 Å². The first-order chi connectivity index (χ1) is 11.5. The summed E-state index contributed by atoms with van der Waals surface area (Å²) in [4.78, 5) is 16.3. The van der Waals surface area contributed by atoms with Gasteiger partial charge in [-0.15, -0.1) is 0 Å². The van der Waals surface area contributed by atoms with Crippen molar-refractivity contribution in [2.24, 2.45) is 0 Å². The molecule has 0 radical (unpaired) electrons. The van der Waals surface area contributed by atoms with Crippen molar-refractivity contribution in [3.63, 3.8) is 0 Å². The lowest BCUT2D eigenvalue weighted by Crippen LogP contribution is -2.26. The van der Waals surface area contributed by atoms with Gasteiger partial charge in [0.25, 0.3) is 0 Å². The summed E-state index contributed by atoms with van der Waals surface area (Å²) in [5, 5.41) is 8.28. The molecule has 0 spiro atoms. The van der Waals surface area contributed by atoms with Crippen LogP contribution < -0.4 is 11.0 Å². The Morgan fingerprint density at radius 1 is 1.04 bits per heavy atom. The summed E-state index contributed by atoms with van der Waals surface area (Å²) in [6.45, 7) is 1.73. The highest BCUT2D eigenvalue weighted by molar-refractivity contribution is 6.41. The van der Waals surface area contributed by atoms with Crippen LogP contribution in [0.25, 0.3) is 5.69 Å². The van der Waals surface area contributed by atoms with Crippen molar-refractivity contribution < 1.29 is 0 Å². The molecule has 0 amide bonds. The quantitative estimate of drug-likeness (QED) is 0.718. The standard InChI is InChI=1S/C16H11Cl3N4O/c1-9-15(20-14-12(18)7-10(17)8-13(14)19)21-16(24)23(22-9)11-5-3-2-4-6-11/h2-8H,1H3,(H,20,21,24). The van der Waals surface area contributed by atoms with E-state index in [4.69, 9.17) is 34.8 Å². The number of anilines is 2. The third kappa shape index (κ3) is 3.38. The lowest BCUT2D eigenvalue weighted by Gasteiger charge is -2.13. The summed E-state index contributed by atoms with van der Waals surface area (Å²) in [6, 6.07) is 12.1. The Morgan fingerprint density at radius 2 is 1.67 bits per heavy atom. The fourth-order valence-electron chi connectivity index (χ4n) is 2.10. The van der Waals surface area contributed by atoms with Crippen LogP contribution >= 0.6 is 34.8 Å². The van der Waals surface area contributed by atoms with Gasteiger partial charge < -0.3 is 5.32 Å². The monoisotopic (exact) mass is 380 g/mol. The van der Waals surface area contributed by atoms with Gasteiger partial charge in [-0.05, 0) is 31.2 Å². The maximum Gasteiger partial charge on any atom is 0.370 e. The zero-order chi connectivity index (χ0) is 17.3. The van der Waals surface area contributed by atoms with Crippen LogP contribution in [0.1, 0.15) is 5.69 Å². The van der Waals surface area contributed by atoms with Crippen molar-refractivity contribution in [3.05, 3.63) is 73.7 Å². The van der Waals surface area contributed by atoms with Crippen molar-refractivity contribution >= 4 is 46.3 Å². The maximum atomic E-state index is 12.3. The first-order valence-corrected chi connectivity index (χ1v) is 8.04. The molecule has 3 rings (SSSR count). The first kappa shape index (κ1) is 16.8. The van der Waals surface area contributed by atoms with Crippen molar-refractivity contribution in [1.82, 2.24) is 14.8 Å². The van der Waals surface area contributed by atoms with E-state index in [1.165, 1.54) is 4.68 Å². The number of nitrogens with one attached hydrogen (secondary N) is 1. The molecular formula is C16H11Cl3N4O. The fourth-order valence-corrected chi connectivity index (χ4v) is 3.01. The fraction of sp³-hybridized carbons (Fsp3) is 0.0625. The van der Waals surface area contributed by atoms with Gasteiger partial charge in [0.2, 0.25) is 0 Å². The van der Waals surface area contributed by atoms with Crippen LogP contribution in [0.2, 0.25) is 15.1 Å². The highest BCUT2D eigenvalue weighted by Gasteiger charge is 2.13. The summed E-state index contributed by atoms with van der Waals surface area (Å²) in [5.74, 6) is 0.276. The maximum absolute atomic E-state index is 12.3. The van der Waals surface area contributed by atoms with Gasteiger partial charge in [0.1, 0.15) is 5.69 Å². The summed E-state index contributed by atoms with van der Waals surface area (Å²) < 4.78 is 1.23. The van der Waals surface area contributed by atoms with E-state index in [0.717, 1.165) is 0 Å². The lowest BCUT2D eigenvalue weighted by atomic mass is 10.3. The molecule has 0 atom stereocenters. The van der Waals surface area contributed by atoms with Gasteiger partial charge in [0.05, 0.1) is 21.4 Å². The van der Waals surface area contributed by atoms with Crippen molar-refractivity contribution in [3.8, 4) is 5.69 Å². The van der Waals surface area contributed by atoms with Crippen LogP contribution in [-0.2, 0) is 0 Å². The summed E-state index contributed by atoms with van der Waals surface area (Å²) >= 11 is 18.2. The minimum atomic E-state index is -0.518. The SMILES string of the molecule is Cc1nn(-c2ccccc2)c(=O)nc1Nc1c(Cl)cc(Cl)cc1Cl. The average Bonchev–Trinajstić information content (AvgIpc) is 2.54. The minimum absolute atomic E-state index is 0.276. The third-order valence-electron chi connectivity index (χ3n) is 3.23. The molecule has 2 aromatic carbocycles. The third-order valence-corrected chi connectivity index (χ3v) is 4.05. The highest BCUT2D eigenvalue weighted by atomic mass is 35.5. The van der Waals surface area contributed by atoms with E-state index in [2.05, 4.69) is 15.4 Å². The Labute approximate surface area is 152 Å². The molecule has 0 saturated carbocycles. The number of aryl methyl sites for hydroxylation is 1. The second-order valence-corrected chi connectivity index (χ2v) is 6.20. The van der Waals surface area contributed by atoms with E-state index in [0.29, 0.717) is 32.1 Å². The van der Waals surface area contributed by atoms with E-state index in [1.807, 2.05) is 18.2 Å². The number of para-hydroxylation sites is 1. The molecule has 1 N–H and O–H groups in total. The molecule has 0 bridgehead atoms. The number of rotatable bonds is 3. The van der Waals surface area contributed by atoms with Gasteiger partial charge in [-0.3, -0.25) is 0 Å². The van der Waals surface area contributed by atoms with Crippen LogP contribution in [0.3, 0.4) is 0 Å². The van der Waals surface area contributed by atoms with Crippen molar-refractivity contribution in [2.45, 2.75) is 6.92 Å². The van der Waals surface area contributed by atoms with Crippen molar-refractivity contribution in [1.29, 1.82) is 0 Å². The van der Waals surface area contributed by atoms with E-state index in [-0.39, 0.29) is 5.82 Å². The summed E-state index contributed by atoms with van der Waals surface area (Å²) in [7, 11) is 0. The molecular weight excluding hydrogens is 371 g/mol. The van der Waals surface area contributed by atoms with Gasteiger partial charge >= 0.3 is 5.69 Å². The van der Waals surface area contributed by atoms with Crippen LogP contribution in [0, 0.1) is 6.92 Å². The molecule has 122 valence electrons. The molecule has 8 heteroatoms. The van der Waals surface area contributed by atoms with E-state index in [1.54, 1.807) is 31.2 Å². The number of aromatic nitrogens is 3. The van der Waals surface area contributed by atoms with E-state index < -0.39 is 5.69 Å². The number of hydrogen-bond acceptors (Lipinski definition) is 4. The predicted molar refractivity (Wildman–Crippen MR) is 97.1 cm³/mol. The zero-order valence-corrected chi connectivity index (χ0v) is 14.7. The van der Waals surface area contributed by atoms with Crippen LogP contribution in [0.4, 0.5) is 11.5 Å². The highest BCUT2D eigenvalue weighted by Crippen LogP contribution is 2.35. The van der Waals surface area contributed by atoms with Gasteiger partial charge in [-0.25, -0.2) is 4.79 Å². The molecule has 5 nitrogen and oxygen atoms in total. The molecule has 24 heavy (non-hydrogen) atoms. The number of hydrogen-bond donors (Lipinski definition) is 1. The van der Waals surface area contributed by atoms with Crippen LogP contribution in [-0.4, -0.2) is 14.8 Å². The summed E-state index contributed by atoms with van der Waals surface area (Å²) in [5.41, 5.74) is 1.04. The Kier molecular flexibility index (Phi) is 4.76. The molecule has 1 aromatic heterocycles. The normalized spacial score (nSPS) is 10.7. The number of nitrogens with zero attached hydrogens (tertiary/aromatic N) is 3. The molecule has 1 heterocycles. The second-order valence-electron chi connectivity index (χ2n) is 4.95. The lowest BCUT2D eigenvalue weighted by molar-refractivity contribution is 0.746. The molecule has 0 aliphatic heterocycles. The van der Waals surface area contributed by atoms with Crippen LogP contribution in [0.15, 0.2) is 47.3 Å². The minimum Gasteiger partial charge on any atom is -0.336 e. The molecule has 0 aliphatic carbocycles. The largest absolute Gasteiger partial charge is 0.370 e. The number of benzene rings is 2. The molecule has 0 aliphatic rings. The Balaban J connectivity index is 2.03. The molecule has 0 saturated heterocycles. The smallest absolute Gasteiger partial charge is 0.336 e. The topological polar surface area (TPSA) is 59.8 Å². The Bertz CT molecular complexity index is 934. The zero-order valence-electron chi connectivity index (χ0n) is 12.4. The summed E-state index contributed by atoms with van der Waals surface area (Å²) in [6.07, 6.45) is 0. The van der Waals surface area contributed by atoms with Gasteiger partial charge in [0.15, 0.2) is 5.82 Å². The van der Waals surface area contributed by atoms with Gasteiger partial charge in [-0.2, -0.15) is 14.8 Å². The van der Waals surface area contributed by atoms with E-state index >= 15 is 0 Å². The molecule has 3 aromatic rings. The van der Waals surface area contributed by atoms with E-state index in [9.17, 15) is 4.79 Å². The Hall–Kier alpha value is -2.08. The van der Waals surface area contributed by atoms with Gasteiger partial charge in [0, 0.05) is 5.02 Å². The van der Waals surface area contributed by atoms with Crippen LogP contribution in [0.5, 0.6) is 0 Å². The molecule has 0 unspecified atom stereocenters. The molecule has 0 fully saturated rings. The second kappa shape index (κ2) is 6.81.